The highest BCUT2D eigenvalue weighted by Gasteiger charge is 2.16. The molecule has 0 aromatic heterocycles. The van der Waals surface area contributed by atoms with Crippen LogP contribution in [0.15, 0.2) is 18.2 Å². The number of ether oxygens (including phenoxy) is 1. The van der Waals surface area contributed by atoms with Crippen molar-refractivity contribution in [3.63, 3.8) is 0 Å². The Morgan fingerprint density at radius 2 is 2.15 bits per heavy atom. The number of fused-ring (bicyclic) bond motifs is 1. The van der Waals surface area contributed by atoms with Crippen molar-refractivity contribution in [2.24, 2.45) is 0 Å². The standard InChI is InChI=1S/C16H22N2O2/c19-16(18-14-3-1-2-4-14)17-9-7-12-5-6-15-13(11-12)8-10-20-15/h5-6,11,14H,1-4,7-10H2,(H2,17,18,19). The van der Waals surface area contributed by atoms with Crippen LogP contribution in [0.2, 0.25) is 0 Å². The maximum Gasteiger partial charge on any atom is 0.315 e. The molecule has 20 heavy (non-hydrogen) atoms. The quantitative estimate of drug-likeness (QED) is 0.886. The molecule has 0 unspecified atom stereocenters. The maximum absolute atomic E-state index is 11.7. The Hall–Kier alpha value is -1.71. The van der Waals surface area contributed by atoms with Gasteiger partial charge in [-0.25, -0.2) is 4.79 Å². The number of amides is 2. The molecule has 3 rings (SSSR count). The van der Waals surface area contributed by atoms with Crippen molar-refractivity contribution in [1.82, 2.24) is 10.6 Å². The van der Waals surface area contributed by atoms with Gasteiger partial charge in [-0.3, -0.25) is 0 Å². The van der Waals surface area contributed by atoms with Gasteiger partial charge in [-0.2, -0.15) is 0 Å². The molecule has 108 valence electrons. The molecule has 2 N–H and O–H groups in total. The van der Waals surface area contributed by atoms with Crippen LogP contribution in [0, 0.1) is 0 Å². The van der Waals surface area contributed by atoms with Crippen LogP contribution in [0.25, 0.3) is 0 Å². The molecule has 0 radical (unpaired) electrons. The molecule has 2 aliphatic rings. The third-order valence-corrected chi connectivity index (χ3v) is 4.14. The monoisotopic (exact) mass is 274 g/mol. The van der Waals surface area contributed by atoms with Gasteiger partial charge in [0.1, 0.15) is 5.75 Å². The lowest BCUT2D eigenvalue weighted by Crippen LogP contribution is -2.41. The van der Waals surface area contributed by atoms with Crippen LogP contribution >= 0.6 is 0 Å². The first-order valence-corrected chi connectivity index (χ1v) is 7.60. The average Bonchev–Trinajstić information content (AvgIpc) is 3.09. The fourth-order valence-electron chi connectivity index (χ4n) is 3.02. The smallest absolute Gasteiger partial charge is 0.315 e. The van der Waals surface area contributed by atoms with Crippen molar-refractivity contribution in [3.8, 4) is 5.75 Å². The maximum atomic E-state index is 11.7. The van der Waals surface area contributed by atoms with Crippen LogP contribution in [0.3, 0.4) is 0 Å². The molecule has 0 spiro atoms. The second kappa shape index (κ2) is 6.16. The second-order valence-electron chi connectivity index (χ2n) is 5.67. The molecule has 1 aromatic rings. The number of carbonyl (C=O) groups excluding carboxylic acids is 1. The summed E-state index contributed by atoms with van der Waals surface area (Å²) in [6, 6.07) is 6.67. The van der Waals surface area contributed by atoms with E-state index in [4.69, 9.17) is 4.74 Å². The molecule has 0 atom stereocenters. The van der Waals surface area contributed by atoms with E-state index in [9.17, 15) is 4.79 Å². The number of benzene rings is 1. The van der Waals surface area contributed by atoms with Gasteiger partial charge in [-0.05, 0) is 36.5 Å². The minimum Gasteiger partial charge on any atom is -0.493 e. The van der Waals surface area contributed by atoms with E-state index in [-0.39, 0.29) is 6.03 Å². The lowest BCUT2D eigenvalue weighted by atomic mass is 10.1. The average molecular weight is 274 g/mol. The molecule has 4 heteroatoms. The summed E-state index contributed by atoms with van der Waals surface area (Å²) in [6.45, 7) is 1.47. The van der Waals surface area contributed by atoms with Gasteiger partial charge in [-0.15, -0.1) is 0 Å². The predicted molar refractivity (Wildman–Crippen MR) is 78.1 cm³/mol. The van der Waals surface area contributed by atoms with Gasteiger partial charge in [0.15, 0.2) is 0 Å². The zero-order chi connectivity index (χ0) is 13.8. The van der Waals surface area contributed by atoms with Crippen LogP contribution in [0.4, 0.5) is 4.79 Å². The molecule has 1 heterocycles. The molecule has 1 aromatic carbocycles. The SMILES string of the molecule is O=C(NCCc1ccc2c(c1)CCO2)NC1CCCC1. The first-order chi connectivity index (χ1) is 9.81. The lowest BCUT2D eigenvalue weighted by Gasteiger charge is -2.13. The summed E-state index contributed by atoms with van der Waals surface area (Å²) in [5.41, 5.74) is 2.55. The zero-order valence-electron chi connectivity index (χ0n) is 11.8. The van der Waals surface area contributed by atoms with Crippen LogP contribution in [0.1, 0.15) is 36.8 Å². The van der Waals surface area contributed by atoms with Crippen molar-refractivity contribution < 1.29 is 9.53 Å². The zero-order valence-corrected chi connectivity index (χ0v) is 11.8. The van der Waals surface area contributed by atoms with E-state index in [1.165, 1.54) is 24.0 Å². The highest BCUT2D eigenvalue weighted by Crippen LogP contribution is 2.25. The van der Waals surface area contributed by atoms with E-state index in [1.807, 2.05) is 6.07 Å². The Labute approximate surface area is 119 Å². The predicted octanol–water partition coefficient (Wildman–Crippen LogP) is 2.41. The van der Waals surface area contributed by atoms with Gasteiger partial charge in [0.05, 0.1) is 6.61 Å². The van der Waals surface area contributed by atoms with E-state index < -0.39 is 0 Å². The lowest BCUT2D eigenvalue weighted by molar-refractivity contribution is 0.237. The number of rotatable bonds is 4. The second-order valence-corrected chi connectivity index (χ2v) is 5.67. The van der Waals surface area contributed by atoms with Gasteiger partial charge in [0, 0.05) is 19.0 Å². The van der Waals surface area contributed by atoms with E-state index in [0.29, 0.717) is 12.6 Å². The van der Waals surface area contributed by atoms with Crippen LogP contribution in [-0.4, -0.2) is 25.2 Å². The van der Waals surface area contributed by atoms with Crippen LogP contribution in [-0.2, 0) is 12.8 Å². The molecule has 1 aliphatic carbocycles. The summed E-state index contributed by atoms with van der Waals surface area (Å²) in [4.78, 5) is 11.7. The van der Waals surface area contributed by atoms with Gasteiger partial charge in [0.25, 0.3) is 0 Å². The van der Waals surface area contributed by atoms with Crippen molar-refractivity contribution in [1.29, 1.82) is 0 Å². The van der Waals surface area contributed by atoms with Crippen molar-refractivity contribution in [3.05, 3.63) is 29.3 Å². The largest absolute Gasteiger partial charge is 0.493 e. The molecular formula is C16H22N2O2. The number of carbonyl (C=O) groups is 1. The fraction of sp³-hybridized carbons (Fsp3) is 0.562. The molecule has 1 fully saturated rings. The Balaban J connectivity index is 1.42. The molecule has 1 aliphatic heterocycles. The molecule has 0 saturated heterocycles. The third-order valence-electron chi connectivity index (χ3n) is 4.14. The van der Waals surface area contributed by atoms with Crippen molar-refractivity contribution in [2.75, 3.05) is 13.2 Å². The van der Waals surface area contributed by atoms with E-state index in [0.717, 1.165) is 38.0 Å². The van der Waals surface area contributed by atoms with Gasteiger partial charge >= 0.3 is 6.03 Å². The summed E-state index contributed by atoms with van der Waals surface area (Å²) in [5, 5.41) is 5.98. The summed E-state index contributed by atoms with van der Waals surface area (Å²) in [6.07, 6.45) is 6.59. The Morgan fingerprint density at radius 3 is 3.00 bits per heavy atom. The van der Waals surface area contributed by atoms with E-state index in [2.05, 4.69) is 22.8 Å². The number of hydrogen-bond donors (Lipinski definition) is 2. The molecule has 0 bridgehead atoms. The van der Waals surface area contributed by atoms with Crippen molar-refractivity contribution in [2.45, 2.75) is 44.6 Å². The first-order valence-electron chi connectivity index (χ1n) is 7.60. The third kappa shape index (κ3) is 3.24. The van der Waals surface area contributed by atoms with Crippen LogP contribution < -0.4 is 15.4 Å². The summed E-state index contributed by atoms with van der Waals surface area (Å²) < 4.78 is 5.49. The Morgan fingerprint density at radius 1 is 1.30 bits per heavy atom. The summed E-state index contributed by atoms with van der Waals surface area (Å²) in [5.74, 6) is 1.01. The summed E-state index contributed by atoms with van der Waals surface area (Å²) >= 11 is 0. The first kappa shape index (κ1) is 13.3. The highest BCUT2D eigenvalue weighted by molar-refractivity contribution is 5.74. The normalized spacial score (nSPS) is 17.6. The molecular weight excluding hydrogens is 252 g/mol. The topological polar surface area (TPSA) is 50.4 Å². The summed E-state index contributed by atoms with van der Waals surface area (Å²) in [7, 11) is 0. The highest BCUT2D eigenvalue weighted by atomic mass is 16.5. The van der Waals surface area contributed by atoms with Gasteiger partial charge in [-0.1, -0.05) is 25.0 Å². The van der Waals surface area contributed by atoms with E-state index in [1.54, 1.807) is 0 Å². The minimum atomic E-state index is -0.0265. The van der Waals surface area contributed by atoms with Gasteiger partial charge in [0.2, 0.25) is 0 Å². The number of urea groups is 1. The Kier molecular flexibility index (Phi) is 4.09. The Bertz CT molecular complexity index is 481. The molecule has 2 amide bonds. The number of nitrogens with one attached hydrogen (secondary N) is 2. The van der Waals surface area contributed by atoms with Crippen molar-refractivity contribution >= 4 is 6.03 Å². The van der Waals surface area contributed by atoms with Crippen LogP contribution in [0.5, 0.6) is 5.75 Å². The fourth-order valence-corrected chi connectivity index (χ4v) is 3.02. The minimum absolute atomic E-state index is 0.0265. The van der Waals surface area contributed by atoms with E-state index >= 15 is 0 Å². The molecule has 1 saturated carbocycles. The number of hydrogen-bond acceptors (Lipinski definition) is 2. The van der Waals surface area contributed by atoms with Gasteiger partial charge < -0.3 is 15.4 Å². The molecule has 4 nitrogen and oxygen atoms in total.